The van der Waals surface area contributed by atoms with E-state index < -0.39 is 11.9 Å². The first-order valence-electron chi connectivity index (χ1n) is 7.49. The smallest absolute Gasteiger partial charge is 0.341 e. The second kappa shape index (κ2) is 7.31. The molecule has 0 unspecified atom stereocenters. The number of rotatable bonds is 5. The summed E-state index contributed by atoms with van der Waals surface area (Å²) in [5.41, 5.74) is 1.45. The molecule has 2 heterocycles. The number of halogens is 1. The largest absolute Gasteiger partial charge is 0.462 e. The average molecular weight is 359 g/mol. The number of amides is 1. The second-order valence-corrected chi connectivity index (χ2v) is 5.89. The van der Waals surface area contributed by atoms with Gasteiger partial charge in [-0.25, -0.2) is 9.18 Å². The van der Waals surface area contributed by atoms with Crippen molar-refractivity contribution in [2.24, 2.45) is 0 Å². The first kappa shape index (κ1) is 16.9. The molecule has 0 atom stereocenters. The van der Waals surface area contributed by atoms with Gasteiger partial charge in [-0.05, 0) is 36.8 Å². The summed E-state index contributed by atoms with van der Waals surface area (Å²) in [6.45, 7) is 1.89. The van der Waals surface area contributed by atoms with E-state index in [0.717, 1.165) is 0 Å². The van der Waals surface area contributed by atoms with Crippen LogP contribution in [-0.4, -0.2) is 18.5 Å². The standard InChI is InChI=1S/C18H14FNO4S/c1-2-23-18(22)15-13(11-5-7-12(19)8-6-11)10-25-17(15)20-16(21)14-4-3-9-24-14/h3-10H,2H2,1H3,(H,20,21). The number of thiophene rings is 1. The zero-order valence-corrected chi connectivity index (χ0v) is 14.1. The van der Waals surface area contributed by atoms with Gasteiger partial charge >= 0.3 is 5.97 Å². The molecule has 3 aromatic rings. The lowest BCUT2D eigenvalue weighted by Gasteiger charge is -2.08. The summed E-state index contributed by atoms with van der Waals surface area (Å²) in [7, 11) is 0. The van der Waals surface area contributed by atoms with E-state index in [9.17, 15) is 14.0 Å². The lowest BCUT2D eigenvalue weighted by Crippen LogP contribution is -2.14. The number of carbonyl (C=O) groups excluding carboxylic acids is 2. The van der Waals surface area contributed by atoms with Crippen LogP contribution < -0.4 is 5.32 Å². The van der Waals surface area contributed by atoms with Gasteiger partial charge in [0.05, 0.1) is 12.9 Å². The van der Waals surface area contributed by atoms with Crippen molar-refractivity contribution >= 4 is 28.2 Å². The lowest BCUT2D eigenvalue weighted by atomic mass is 10.0. The van der Waals surface area contributed by atoms with Gasteiger partial charge in [-0.2, -0.15) is 0 Å². The van der Waals surface area contributed by atoms with E-state index in [-0.39, 0.29) is 23.7 Å². The topological polar surface area (TPSA) is 68.5 Å². The first-order chi connectivity index (χ1) is 12.1. The van der Waals surface area contributed by atoms with Crippen molar-refractivity contribution in [3.63, 3.8) is 0 Å². The molecule has 0 saturated heterocycles. The molecule has 0 radical (unpaired) electrons. The minimum atomic E-state index is -0.558. The fraction of sp³-hybridized carbons (Fsp3) is 0.111. The van der Waals surface area contributed by atoms with Crippen LogP contribution in [0, 0.1) is 5.82 Å². The van der Waals surface area contributed by atoms with E-state index in [1.165, 1.54) is 35.8 Å². The summed E-state index contributed by atoms with van der Waals surface area (Å²) >= 11 is 1.19. The van der Waals surface area contributed by atoms with Crippen LogP contribution in [0.15, 0.2) is 52.5 Å². The number of benzene rings is 1. The third-order valence-corrected chi connectivity index (χ3v) is 4.29. The highest BCUT2D eigenvalue weighted by atomic mass is 32.1. The minimum absolute atomic E-state index is 0.131. The average Bonchev–Trinajstić information content (AvgIpc) is 3.25. The van der Waals surface area contributed by atoms with Crippen molar-refractivity contribution in [1.29, 1.82) is 0 Å². The van der Waals surface area contributed by atoms with Crippen molar-refractivity contribution in [2.45, 2.75) is 6.92 Å². The first-order valence-corrected chi connectivity index (χ1v) is 8.37. The number of ether oxygens (including phenoxy) is 1. The third-order valence-electron chi connectivity index (χ3n) is 3.40. The molecule has 1 aromatic carbocycles. The molecule has 0 spiro atoms. The van der Waals surface area contributed by atoms with E-state index in [4.69, 9.17) is 9.15 Å². The van der Waals surface area contributed by atoms with E-state index in [2.05, 4.69) is 5.32 Å². The minimum Gasteiger partial charge on any atom is -0.462 e. The quantitative estimate of drug-likeness (QED) is 0.677. The Hall–Kier alpha value is -2.93. The highest BCUT2D eigenvalue weighted by Crippen LogP contribution is 2.36. The van der Waals surface area contributed by atoms with Crippen LogP contribution in [0.5, 0.6) is 0 Å². The van der Waals surface area contributed by atoms with Crippen molar-refractivity contribution in [3.05, 3.63) is 65.2 Å². The van der Waals surface area contributed by atoms with Gasteiger partial charge in [0.2, 0.25) is 0 Å². The molecule has 25 heavy (non-hydrogen) atoms. The molecule has 2 aromatic heterocycles. The fourth-order valence-corrected chi connectivity index (χ4v) is 3.22. The van der Waals surface area contributed by atoms with Gasteiger partial charge in [-0.15, -0.1) is 11.3 Å². The Labute approximate surface area is 147 Å². The van der Waals surface area contributed by atoms with Crippen molar-refractivity contribution < 1.29 is 23.1 Å². The Morgan fingerprint density at radius 2 is 2.00 bits per heavy atom. The van der Waals surface area contributed by atoms with Gasteiger partial charge in [0.1, 0.15) is 16.4 Å². The van der Waals surface area contributed by atoms with Gasteiger partial charge in [0.25, 0.3) is 5.91 Å². The van der Waals surface area contributed by atoms with Gasteiger partial charge in [0.15, 0.2) is 5.76 Å². The third kappa shape index (κ3) is 3.61. The number of esters is 1. The number of hydrogen-bond donors (Lipinski definition) is 1. The van der Waals surface area contributed by atoms with Crippen LogP contribution in [0.25, 0.3) is 11.1 Å². The Kier molecular flexibility index (Phi) is 4.95. The second-order valence-electron chi connectivity index (χ2n) is 5.01. The molecule has 0 aliphatic carbocycles. The number of carbonyl (C=O) groups is 2. The molecular weight excluding hydrogens is 345 g/mol. The molecule has 1 N–H and O–H groups in total. The van der Waals surface area contributed by atoms with Gasteiger partial charge in [-0.3, -0.25) is 4.79 Å². The van der Waals surface area contributed by atoms with Gasteiger partial charge < -0.3 is 14.5 Å². The number of hydrogen-bond acceptors (Lipinski definition) is 5. The molecule has 3 rings (SSSR count). The Morgan fingerprint density at radius 3 is 2.64 bits per heavy atom. The summed E-state index contributed by atoms with van der Waals surface area (Å²) < 4.78 is 23.3. The number of anilines is 1. The van der Waals surface area contributed by atoms with Gasteiger partial charge in [0, 0.05) is 10.9 Å². The van der Waals surface area contributed by atoms with Crippen molar-refractivity contribution in [1.82, 2.24) is 0 Å². The zero-order chi connectivity index (χ0) is 17.8. The predicted molar refractivity (Wildman–Crippen MR) is 92.3 cm³/mol. The van der Waals surface area contributed by atoms with Crippen LogP contribution in [0.1, 0.15) is 27.8 Å². The molecule has 0 bridgehead atoms. The highest BCUT2D eigenvalue weighted by Gasteiger charge is 2.23. The van der Waals surface area contributed by atoms with Crippen LogP contribution in [-0.2, 0) is 4.74 Å². The van der Waals surface area contributed by atoms with E-state index in [0.29, 0.717) is 16.1 Å². The summed E-state index contributed by atoms with van der Waals surface area (Å²) in [5, 5.41) is 4.73. The summed E-state index contributed by atoms with van der Waals surface area (Å²) in [6, 6.07) is 8.87. The molecule has 0 fully saturated rings. The highest BCUT2D eigenvalue weighted by molar-refractivity contribution is 7.15. The van der Waals surface area contributed by atoms with E-state index in [1.54, 1.807) is 30.5 Å². The SMILES string of the molecule is CCOC(=O)c1c(-c2ccc(F)cc2)csc1NC(=O)c1ccco1. The summed E-state index contributed by atoms with van der Waals surface area (Å²) in [4.78, 5) is 24.6. The molecule has 128 valence electrons. The lowest BCUT2D eigenvalue weighted by molar-refractivity contribution is 0.0529. The summed E-state index contributed by atoms with van der Waals surface area (Å²) in [6.07, 6.45) is 1.39. The number of furan rings is 1. The maximum atomic E-state index is 13.2. The zero-order valence-electron chi connectivity index (χ0n) is 13.2. The molecule has 0 saturated carbocycles. The molecular formula is C18H14FNO4S. The molecule has 0 aliphatic rings. The van der Waals surface area contributed by atoms with E-state index in [1.807, 2.05) is 0 Å². The Morgan fingerprint density at radius 1 is 1.24 bits per heavy atom. The van der Waals surface area contributed by atoms with E-state index >= 15 is 0 Å². The molecule has 0 aliphatic heterocycles. The molecule has 5 nitrogen and oxygen atoms in total. The monoisotopic (exact) mass is 359 g/mol. The molecule has 7 heteroatoms. The normalized spacial score (nSPS) is 10.5. The van der Waals surface area contributed by atoms with Crippen LogP contribution in [0.3, 0.4) is 0 Å². The van der Waals surface area contributed by atoms with Crippen LogP contribution in [0.2, 0.25) is 0 Å². The number of nitrogens with one attached hydrogen (secondary N) is 1. The predicted octanol–water partition coefficient (Wildman–Crippen LogP) is 4.58. The van der Waals surface area contributed by atoms with Crippen LogP contribution >= 0.6 is 11.3 Å². The maximum absolute atomic E-state index is 13.2. The summed E-state index contributed by atoms with van der Waals surface area (Å²) in [5.74, 6) is -1.27. The maximum Gasteiger partial charge on any atom is 0.341 e. The Bertz CT molecular complexity index is 884. The Balaban J connectivity index is 1.99. The van der Waals surface area contributed by atoms with Crippen molar-refractivity contribution in [2.75, 3.05) is 11.9 Å². The fourth-order valence-electron chi connectivity index (χ4n) is 2.27. The molecule has 1 amide bonds. The van der Waals surface area contributed by atoms with Gasteiger partial charge in [-0.1, -0.05) is 12.1 Å². The van der Waals surface area contributed by atoms with Crippen LogP contribution in [0.4, 0.5) is 9.39 Å². The van der Waals surface area contributed by atoms with Crippen molar-refractivity contribution in [3.8, 4) is 11.1 Å².